The Morgan fingerprint density at radius 3 is 2.50 bits per heavy atom. The second-order valence-corrected chi connectivity index (χ2v) is 9.79. The summed E-state index contributed by atoms with van der Waals surface area (Å²) < 4.78 is 91.9. The third kappa shape index (κ3) is 4.47. The van der Waals surface area contributed by atoms with Crippen molar-refractivity contribution in [1.82, 2.24) is 14.5 Å². The van der Waals surface area contributed by atoms with Crippen molar-refractivity contribution in [2.45, 2.75) is 70.6 Å². The van der Waals surface area contributed by atoms with Gasteiger partial charge in [0, 0.05) is 18.7 Å². The second-order valence-electron chi connectivity index (χ2n) is 9.79. The van der Waals surface area contributed by atoms with Crippen LogP contribution in [0.5, 0.6) is 5.75 Å². The van der Waals surface area contributed by atoms with Crippen LogP contribution in [0.25, 0.3) is 10.9 Å². The molecule has 12 heteroatoms. The van der Waals surface area contributed by atoms with E-state index in [4.69, 9.17) is 4.74 Å². The highest BCUT2D eigenvalue weighted by Gasteiger charge is 2.72. The smallest absolute Gasteiger partial charge is 0.412 e. The minimum absolute atomic E-state index is 0.00475. The van der Waals surface area contributed by atoms with Crippen molar-refractivity contribution >= 4 is 16.7 Å². The molecule has 1 N–H and O–H groups in total. The minimum Gasteiger partial charge on any atom is -0.490 e. The fraction of sp³-hybridized carbons (Fsp3) is 0.500. The number of ether oxygens (including phenoxy) is 1. The first-order chi connectivity index (χ1) is 17.7. The van der Waals surface area contributed by atoms with E-state index in [1.54, 1.807) is 6.92 Å². The van der Waals surface area contributed by atoms with E-state index < -0.39 is 46.5 Å². The van der Waals surface area contributed by atoms with Crippen molar-refractivity contribution in [3.63, 3.8) is 0 Å². The number of fused-ring (bicyclic) bond motifs is 1. The molecule has 0 spiro atoms. The Kier molecular flexibility index (Phi) is 6.90. The first-order valence-corrected chi connectivity index (χ1v) is 12.2. The van der Waals surface area contributed by atoms with Gasteiger partial charge in [0.1, 0.15) is 28.5 Å². The molecule has 1 aliphatic carbocycles. The Hall–Kier alpha value is -3.31. The summed E-state index contributed by atoms with van der Waals surface area (Å²) in [7, 11) is 1.16. The van der Waals surface area contributed by atoms with E-state index in [0.29, 0.717) is 17.9 Å². The number of methoxy groups -OCH3 is 1. The van der Waals surface area contributed by atoms with Gasteiger partial charge in [-0.1, -0.05) is 31.5 Å². The molecule has 0 amide bonds. The maximum Gasteiger partial charge on any atom is 0.412 e. The van der Waals surface area contributed by atoms with Crippen LogP contribution in [0.15, 0.2) is 29.2 Å². The molecule has 0 radical (unpaired) electrons. The molecule has 2 aromatic heterocycles. The highest BCUT2D eigenvalue weighted by atomic mass is 19.4. The number of aryl methyl sites for hydroxylation is 1. The summed E-state index contributed by atoms with van der Waals surface area (Å²) in [5, 5.41) is 2.96. The first-order valence-electron chi connectivity index (χ1n) is 12.2. The molecule has 2 heterocycles. The molecule has 3 aromatic rings. The van der Waals surface area contributed by atoms with Gasteiger partial charge in [0.25, 0.3) is 11.5 Å². The van der Waals surface area contributed by atoms with Gasteiger partial charge in [-0.15, -0.1) is 0 Å². The van der Waals surface area contributed by atoms with Crippen LogP contribution in [-0.2, 0) is 11.5 Å². The minimum atomic E-state index is -4.71. The second kappa shape index (κ2) is 9.46. The number of nitrogens with one attached hydrogen (secondary N) is 1. The molecule has 6 nitrogen and oxygen atoms in total. The lowest BCUT2D eigenvalue weighted by Crippen LogP contribution is -2.43. The molecule has 1 saturated carbocycles. The van der Waals surface area contributed by atoms with Crippen molar-refractivity contribution in [3.8, 4) is 5.75 Å². The van der Waals surface area contributed by atoms with Crippen LogP contribution >= 0.6 is 0 Å². The fourth-order valence-electron chi connectivity index (χ4n) is 5.16. The summed E-state index contributed by atoms with van der Waals surface area (Å²) in [6, 6.07) is 2.68. The normalized spacial score (nSPS) is 20.4. The molecule has 0 saturated heterocycles. The van der Waals surface area contributed by atoms with E-state index in [1.165, 1.54) is 26.0 Å². The number of rotatable bonds is 8. The van der Waals surface area contributed by atoms with Crippen LogP contribution in [0.3, 0.4) is 0 Å². The topological polar surface area (TPSA) is 69.0 Å². The van der Waals surface area contributed by atoms with Crippen LogP contribution in [-0.4, -0.2) is 27.8 Å². The molecule has 206 valence electrons. The Morgan fingerprint density at radius 2 is 1.92 bits per heavy atom. The van der Waals surface area contributed by atoms with Crippen LogP contribution in [0, 0.1) is 18.7 Å². The molecule has 0 bridgehead atoms. The molecule has 1 aromatic carbocycles. The number of halogens is 6. The van der Waals surface area contributed by atoms with Crippen molar-refractivity contribution < 1.29 is 31.1 Å². The van der Waals surface area contributed by atoms with Gasteiger partial charge < -0.3 is 10.1 Å². The summed E-state index contributed by atoms with van der Waals surface area (Å²) >= 11 is 0. The standard InChI is InChI=1S/C26H28F6N4O2/c1-6-8-15-11-25(15,26(30,31)32)36-12-17-20(21(38-5)23(36)37)34-14(3)35-22(17)33-13(2)16-9-7-10-18(19(16)27)24(4,28)29/h7,9-10,12-13,15H,6,8,11H2,1-5H3,(H,33,34,35)/t13-,15?,25?/m1/s1. The SMILES string of the molecule is CCCC1CC1(n1cc2c(N[C@H](C)c3cccc(C(C)(F)F)c3F)nc(C)nc2c(OC)c1=O)C(F)(F)F. The van der Waals surface area contributed by atoms with Crippen molar-refractivity contribution in [2.24, 2.45) is 5.92 Å². The van der Waals surface area contributed by atoms with E-state index in [9.17, 15) is 26.7 Å². The zero-order valence-corrected chi connectivity index (χ0v) is 21.5. The zero-order chi connectivity index (χ0) is 28.2. The van der Waals surface area contributed by atoms with E-state index in [1.807, 2.05) is 0 Å². The van der Waals surface area contributed by atoms with Gasteiger partial charge in [0.2, 0.25) is 5.75 Å². The number of nitrogens with zero attached hydrogens (tertiary/aromatic N) is 3. The van der Waals surface area contributed by atoms with Crippen LogP contribution in [0.2, 0.25) is 0 Å². The lowest BCUT2D eigenvalue weighted by Gasteiger charge is -2.26. The highest BCUT2D eigenvalue weighted by Crippen LogP contribution is 2.61. The Morgan fingerprint density at radius 1 is 1.24 bits per heavy atom. The Labute approximate surface area is 215 Å². The predicted molar refractivity (Wildman–Crippen MR) is 130 cm³/mol. The quantitative estimate of drug-likeness (QED) is 0.325. The molecule has 1 aliphatic rings. The summed E-state index contributed by atoms with van der Waals surface area (Å²) in [5.74, 6) is -5.54. The number of pyridine rings is 1. The molecule has 0 aliphatic heterocycles. The molecule has 38 heavy (non-hydrogen) atoms. The largest absolute Gasteiger partial charge is 0.490 e. The number of aromatic nitrogens is 3. The van der Waals surface area contributed by atoms with E-state index in [0.717, 1.165) is 19.4 Å². The van der Waals surface area contributed by atoms with Gasteiger partial charge in [0.05, 0.1) is 24.1 Å². The summed E-state index contributed by atoms with van der Waals surface area (Å²) in [4.78, 5) is 21.8. The zero-order valence-electron chi connectivity index (χ0n) is 21.5. The fourth-order valence-corrected chi connectivity index (χ4v) is 5.16. The number of hydrogen-bond acceptors (Lipinski definition) is 5. The first kappa shape index (κ1) is 27.7. The average molecular weight is 543 g/mol. The van der Waals surface area contributed by atoms with Gasteiger partial charge >= 0.3 is 6.18 Å². The lowest BCUT2D eigenvalue weighted by atomic mass is 10.0. The van der Waals surface area contributed by atoms with Gasteiger partial charge in [0.15, 0.2) is 0 Å². The lowest BCUT2D eigenvalue weighted by molar-refractivity contribution is -0.185. The number of alkyl halides is 5. The number of hydrogen-bond donors (Lipinski definition) is 1. The summed E-state index contributed by atoms with van der Waals surface area (Å²) in [6.45, 7) is 5.36. The van der Waals surface area contributed by atoms with Crippen molar-refractivity contribution in [2.75, 3.05) is 12.4 Å². The predicted octanol–water partition coefficient (Wildman–Crippen LogP) is 6.61. The van der Waals surface area contributed by atoms with E-state index in [-0.39, 0.29) is 46.7 Å². The molecule has 2 unspecified atom stereocenters. The van der Waals surface area contributed by atoms with Gasteiger partial charge in [-0.2, -0.15) is 13.2 Å². The molecule has 1 fully saturated rings. The van der Waals surface area contributed by atoms with Crippen molar-refractivity contribution in [3.05, 3.63) is 57.5 Å². The third-order valence-corrected chi connectivity index (χ3v) is 7.10. The highest BCUT2D eigenvalue weighted by molar-refractivity contribution is 5.92. The Bertz CT molecular complexity index is 1430. The summed E-state index contributed by atoms with van der Waals surface area (Å²) in [6.07, 6.45) is -3.12. The molecule has 3 atom stereocenters. The molecular weight excluding hydrogens is 514 g/mol. The van der Waals surface area contributed by atoms with Gasteiger partial charge in [-0.25, -0.2) is 23.1 Å². The van der Waals surface area contributed by atoms with Crippen LogP contribution in [0.1, 0.15) is 63.0 Å². The monoisotopic (exact) mass is 542 g/mol. The van der Waals surface area contributed by atoms with Gasteiger partial charge in [-0.05, 0) is 32.6 Å². The maximum atomic E-state index is 15.0. The maximum absolute atomic E-state index is 15.0. The van der Waals surface area contributed by atoms with E-state index >= 15 is 4.39 Å². The van der Waals surface area contributed by atoms with E-state index in [2.05, 4.69) is 15.3 Å². The third-order valence-electron chi connectivity index (χ3n) is 7.10. The average Bonchev–Trinajstić information content (AvgIpc) is 3.53. The number of benzene rings is 1. The molecule has 4 rings (SSSR count). The summed E-state index contributed by atoms with van der Waals surface area (Å²) in [5.41, 5.74) is -4.27. The Balaban J connectivity index is 1.90. The van der Waals surface area contributed by atoms with Crippen LogP contribution < -0.4 is 15.6 Å². The number of anilines is 1. The van der Waals surface area contributed by atoms with Gasteiger partial charge in [-0.3, -0.25) is 9.36 Å². The van der Waals surface area contributed by atoms with Crippen LogP contribution in [0.4, 0.5) is 32.2 Å². The van der Waals surface area contributed by atoms with Crippen molar-refractivity contribution in [1.29, 1.82) is 0 Å². The molecular formula is C26H28F6N4O2.